The molecule has 10 nitrogen and oxygen atoms in total. The van der Waals surface area contributed by atoms with Crippen molar-refractivity contribution >= 4 is 34.5 Å². The van der Waals surface area contributed by atoms with Crippen molar-refractivity contribution in [2.24, 2.45) is 0 Å². The van der Waals surface area contributed by atoms with Gasteiger partial charge in [-0.2, -0.15) is 5.10 Å². The minimum atomic E-state index is -0.223. The summed E-state index contributed by atoms with van der Waals surface area (Å²) in [5.41, 5.74) is 1.22. The molecule has 0 unspecified atom stereocenters. The van der Waals surface area contributed by atoms with Gasteiger partial charge >= 0.3 is 0 Å². The first kappa shape index (κ1) is 24.1. The van der Waals surface area contributed by atoms with Gasteiger partial charge in [0.25, 0.3) is 5.91 Å². The average molecular weight is 487 g/mol. The van der Waals surface area contributed by atoms with E-state index in [1.807, 2.05) is 10.9 Å². The third-order valence-electron chi connectivity index (χ3n) is 5.46. The lowest BCUT2D eigenvalue weighted by atomic mass is 10.1. The molecular weight excluding hydrogens is 456 g/mol. The van der Waals surface area contributed by atoms with E-state index >= 15 is 0 Å². The van der Waals surface area contributed by atoms with Crippen LogP contribution < -0.4 is 19.7 Å². The Hall–Kier alpha value is -3.05. The summed E-state index contributed by atoms with van der Waals surface area (Å²) >= 11 is 1.64. The van der Waals surface area contributed by atoms with Gasteiger partial charge in [0.2, 0.25) is 0 Å². The molecule has 1 aliphatic heterocycles. The topological polar surface area (TPSA) is 104 Å². The summed E-state index contributed by atoms with van der Waals surface area (Å²) in [5.74, 6) is 2.71. The summed E-state index contributed by atoms with van der Waals surface area (Å²) in [4.78, 5) is 24.6. The second-order valence-corrected chi connectivity index (χ2v) is 8.77. The van der Waals surface area contributed by atoms with Crippen LogP contribution in [-0.4, -0.2) is 78.5 Å². The largest absolute Gasteiger partial charge is 0.497 e. The molecule has 0 bridgehead atoms. The van der Waals surface area contributed by atoms with Gasteiger partial charge in [-0.25, -0.2) is 14.6 Å². The Morgan fingerprint density at radius 2 is 2.03 bits per heavy atom. The number of ether oxygens (including phenoxy) is 3. The molecule has 0 radical (unpaired) electrons. The SMILES string of the molecule is CCCSc1nc(N2CCOCC2)c2cnn(CCNC(=O)c3ccc(OC)cc3OC)c2n1. The highest BCUT2D eigenvalue weighted by Crippen LogP contribution is 2.28. The van der Waals surface area contributed by atoms with E-state index in [0.717, 1.165) is 47.3 Å². The Kier molecular flexibility index (Phi) is 8.07. The maximum atomic E-state index is 12.7. The minimum absolute atomic E-state index is 0.223. The number of amides is 1. The van der Waals surface area contributed by atoms with Gasteiger partial charge in [0.1, 0.15) is 17.3 Å². The van der Waals surface area contributed by atoms with Crippen LogP contribution in [0.2, 0.25) is 0 Å². The molecule has 1 N–H and O–H groups in total. The summed E-state index contributed by atoms with van der Waals surface area (Å²) in [5, 5.41) is 9.15. The molecule has 0 saturated carbocycles. The number of hydrogen-bond donors (Lipinski definition) is 1. The van der Waals surface area contributed by atoms with Crippen LogP contribution in [0.25, 0.3) is 11.0 Å². The normalized spacial score (nSPS) is 13.8. The number of carbonyl (C=O) groups is 1. The summed E-state index contributed by atoms with van der Waals surface area (Å²) in [6.45, 7) is 5.93. The number of nitrogens with zero attached hydrogens (tertiary/aromatic N) is 5. The van der Waals surface area contributed by atoms with Crippen molar-refractivity contribution in [1.29, 1.82) is 0 Å². The maximum absolute atomic E-state index is 12.7. The highest BCUT2D eigenvalue weighted by Gasteiger charge is 2.20. The smallest absolute Gasteiger partial charge is 0.255 e. The van der Waals surface area contributed by atoms with Gasteiger partial charge in [0.05, 0.1) is 51.1 Å². The van der Waals surface area contributed by atoms with Gasteiger partial charge in [0.15, 0.2) is 10.8 Å². The van der Waals surface area contributed by atoms with Gasteiger partial charge in [-0.05, 0) is 18.6 Å². The molecule has 3 heterocycles. The molecule has 2 aromatic heterocycles. The van der Waals surface area contributed by atoms with Crippen LogP contribution in [0.15, 0.2) is 29.6 Å². The molecule has 1 saturated heterocycles. The molecule has 34 heavy (non-hydrogen) atoms. The van der Waals surface area contributed by atoms with E-state index in [1.54, 1.807) is 37.1 Å². The molecule has 4 rings (SSSR count). The number of anilines is 1. The highest BCUT2D eigenvalue weighted by molar-refractivity contribution is 7.99. The Balaban J connectivity index is 1.51. The van der Waals surface area contributed by atoms with E-state index in [1.165, 1.54) is 7.11 Å². The fraction of sp³-hybridized carbons (Fsp3) is 0.478. The van der Waals surface area contributed by atoms with Crippen LogP contribution in [0.4, 0.5) is 5.82 Å². The molecule has 0 atom stereocenters. The van der Waals surface area contributed by atoms with Gasteiger partial charge in [-0.15, -0.1) is 0 Å². The molecule has 0 aliphatic carbocycles. The number of fused-ring (bicyclic) bond motifs is 1. The predicted molar refractivity (Wildman–Crippen MR) is 131 cm³/mol. The number of rotatable bonds is 10. The Labute approximate surface area is 203 Å². The lowest BCUT2D eigenvalue weighted by Crippen LogP contribution is -2.37. The fourth-order valence-electron chi connectivity index (χ4n) is 3.72. The number of carbonyl (C=O) groups excluding carboxylic acids is 1. The van der Waals surface area contributed by atoms with Crippen LogP contribution in [0.5, 0.6) is 11.5 Å². The minimum Gasteiger partial charge on any atom is -0.497 e. The number of aromatic nitrogens is 4. The second kappa shape index (κ2) is 11.4. The molecule has 3 aromatic rings. The number of benzene rings is 1. The molecule has 0 spiro atoms. The number of thioether (sulfide) groups is 1. The van der Waals surface area contributed by atoms with Crippen molar-refractivity contribution in [1.82, 2.24) is 25.1 Å². The third kappa shape index (κ3) is 5.36. The molecule has 1 aliphatic rings. The van der Waals surface area contributed by atoms with Crippen molar-refractivity contribution < 1.29 is 19.0 Å². The van der Waals surface area contributed by atoms with E-state index in [2.05, 4.69) is 22.2 Å². The summed E-state index contributed by atoms with van der Waals surface area (Å²) < 4.78 is 17.9. The Bertz CT molecular complexity index is 1130. The molecule has 1 amide bonds. The predicted octanol–water partition coefficient (Wildman–Crippen LogP) is 2.61. The first-order chi connectivity index (χ1) is 16.6. The number of hydrogen-bond acceptors (Lipinski definition) is 9. The Morgan fingerprint density at radius 1 is 1.21 bits per heavy atom. The van der Waals surface area contributed by atoms with Crippen molar-refractivity contribution in [3.8, 4) is 11.5 Å². The zero-order valence-electron chi connectivity index (χ0n) is 19.7. The molecule has 11 heteroatoms. The van der Waals surface area contributed by atoms with Gasteiger partial charge in [-0.1, -0.05) is 18.7 Å². The average Bonchev–Trinajstić information content (AvgIpc) is 3.29. The third-order valence-corrected chi connectivity index (χ3v) is 6.52. The van der Waals surface area contributed by atoms with Crippen LogP contribution in [-0.2, 0) is 11.3 Å². The first-order valence-corrected chi connectivity index (χ1v) is 12.3. The van der Waals surface area contributed by atoms with Crippen molar-refractivity contribution in [2.75, 3.05) is 57.7 Å². The summed E-state index contributed by atoms with van der Waals surface area (Å²) in [7, 11) is 3.10. The van der Waals surface area contributed by atoms with E-state index in [9.17, 15) is 4.79 Å². The quantitative estimate of drug-likeness (QED) is 0.342. The van der Waals surface area contributed by atoms with E-state index < -0.39 is 0 Å². The van der Waals surface area contributed by atoms with Crippen LogP contribution in [0.3, 0.4) is 0 Å². The summed E-state index contributed by atoms with van der Waals surface area (Å²) in [6.07, 6.45) is 2.85. The van der Waals surface area contributed by atoms with E-state index in [-0.39, 0.29) is 5.91 Å². The van der Waals surface area contributed by atoms with Gasteiger partial charge in [0, 0.05) is 31.5 Å². The van der Waals surface area contributed by atoms with Crippen molar-refractivity contribution in [3.63, 3.8) is 0 Å². The van der Waals surface area contributed by atoms with Crippen LogP contribution in [0.1, 0.15) is 23.7 Å². The Morgan fingerprint density at radius 3 is 2.76 bits per heavy atom. The standard InChI is InChI=1S/C23H30N6O4S/c1-4-13-34-23-26-20(28-9-11-33-12-10-28)18-15-25-29(21(18)27-23)8-7-24-22(30)17-6-5-16(31-2)14-19(17)32-3/h5-6,14-15H,4,7-13H2,1-3H3,(H,24,30). The van der Waals surface area contributed by atoms with Crippen LogP contribution in [0, 0.1) is 0 Å². The molecular formula is C23H30N6O4S. The van der Waals surface area contributed by atoms with Crippen molar-refractivity contribution in [2.45, 2.75) is 25.0 Å². The fourth-order valence-corrected chi connectivity index (χ4v) is 4.40. The molecule has 1 fully saturated rings. The van der Waals surface area contributed by atoms with Gasteiger partial charge in [-0.3, -0.25) is 4.79 Å². The first-order valence-electron chi connectivity index (χ1n) is 11.3. The zero-order valence-corrected chi connectivity index (χ0v) is 20.6. The lowest BCUT2D eigenvalue weighted by Gasteiger charge is -2.28. The second-order valence-electron chi connectivity index (χ2n) is 7.70. The number of morpholine rings is 1. The maximum Gasteiger partial charge on any atom is 0.255 e. The van der Waals surface area contributed by atoms with Crippen LogP contribution >= 0.6 is 11.8 Å². The van der Waals surface area contributed by atoms with E-state index in [4.69, 9.17) is 24.2 Å². The number of methoxy groups -OCH3 is 2. The zero-order chi connectivity index (χ0) is 23.9. The molecule has 1 aromatic carbocycles. The van der Waals surface area contributed by atoms with E-state index in [0.29, 0.717) is 43.4 Å². The summed E-state index contributed by atoms with van der Waals surface area (Å²) in [6, 6.07) is 5.11. The lowest BCUT2D eigenvalue weighted by molar-refractivity contribution is 0.0949. The highest BCUT2D eigenvalue weighted by atomic mass is 32.2. The molecule has 182 valence electrons. The monoisotopic (exact) mass is 486 g/mol. The van der Waals surface area contributed by atoms with Crippen molar-refractivity contribution in [3.05, 3.63) is 30.0 Å². The van der Waals surface area contributed by atoms with Gasteiger partial charge < -0.3 is 24.4 Å². The number of nitrogens with one attached hydrogen (secondary N) is 1.